The number of rotatable bonds is 10. The Morgan fingerprint density at radius 3 is 1.67 bits per heavy atom. The van der Waals surface area contributed by atoms with Crippen LogP contribution in [0.3, 0.4) is 0 Å². The van der Waals surface area contributed by atoms with E-state index in [4.69, 9.17) is 42.6 Å². The van der Waals surface area contributed by atoms with Crippen molar-refractivity contribution in [1.82, 2.24) is 0 Å². The minimum absolute atomic E-state index is 0.0577. The fourth-order valence-electron chi connectivity index (χ4n) is 13.4. The topological polar surface area (TPSA) is 242 Å². The van der Waals surface area contributed by atoms with Gasteiger partial charge in [0.15, 0.2) is 25.2 Å². The maximum absolute atomic E-state index is 12.7. The van der Waals surface area contributed by atoms with Crippen molar-refractivity contribution < 1.29 is 83.2 Å². The molecule has 0 radical (unpaired) electrons. The van der Waals surface area contributed by atoms with Gasteiger partial charge in [-0.25, -0.2) is 0 Å². The van der Waals surface area contributed by atoms with Crippen molar-refractivity contribution in [2.24, 2.45) is 22.7 Å². The lowest BCUT2D eigenvalue weighted by Gasteiger charge is -2.66. The predicted octanol–water partition coefficient (Wildman–Crippen LogP) is 1.89. The molecule has 0 bridgehead atoms. The highest BCUT2D eigenvalue weighted by molar-refractivity contribution is 5.80. The third-order valence-corrected chi connectivity index (χ3v) is 17.1. The van der Waals surface area contributed by atoms with E-state index in [0.29, 0.717) is 38.5 Å². The fourth-order valence-corrected chi connectivity index (χ4v) is 13.4. The molecule has 360 valence electrons. The maximum Gasteiger partial charge on any atom is 0.161 e. The normalized spacial score (nSPS) is 55.0. The van der Waals surface area contributed by atoms with Gasteiger partial charge in [0.05, 0.1) is 61.0 Å². The van der Waals surface area contributed by atoms with Gasteiger partial charge in [-0.15, -0.1) is 0 Å². The van der Waals surface area contributed by atoms with Crippen LogP contribution in [0.4, 0.5) is 0 Å². The summed E-state index contributed by atoms with van der Waals surface area (Å²) in [7, 11) is 1.52. The molecule has 4 aliphatic carbocycles. The average molecular weight is 899 g/mol. The van der Waals surface area contributed by atoms with Crippen LogP contribution in [0.5, 0.6) is 0 Å². The summed E-state index contributed by atoms with van der Waals surface area (Å²) in [5, 5.41) is 80.5. The lowest BCUT2D eigenvalue weighted by Crippen LogP contribution is -2.75. The second kappa shape index (κ2) is 18.0. The standard InChI is InChI=1S/C46H74O17/c1-21(47)28-11-14-46(54)44(28,7)34(51)20-33-43(6)12-10-27(15-26(43)9-13-45(33,46)53)60-35-16-29(48)40(23(3)57-35)61-36-17-30(49)41(24(4)58-36)62-37-18-31(50)42(25(5)59-37)63-38-19-32(55-8)39(52)22(2)56-38/h9,22-25,27-42,48-54H,10-20H2,1-8H3/t22-,23-,24-,25-,27+,28-,29+,30+,31+,32-,33-,34-,35+,36+,37+,38+,39-,40-,41-,42-,43+,44+,45+,46-/m1/s1. The van der Waals surface area contributed by atoms with Crippen molar-refractivity contribution in [1.29, 1.82) is 0 Å². The lowest BCUT2D eigenvalue weighted by atomic mass is 9.43. The molecule has 63 heavy (non-hydrogen) atoms. The number of ketones is 1. The first-order valence-corrected chi connectivity index (χ1v) is 23.4. The molecule has 0 spiro atoms. The van der Waals surface area contributed by atoms with E-state index in [1.807, 2.05) is 6.08 Å². The highest BCUT2D eigenvalue weighted by atomic mass is 16.8. The number of hydrogen-bond acceptors (Lipinski definition) is 17. The monoisotopic (exact) mass is 898 g/mol. The van der Waals surface area contributed by atoms with Crippen LogP contribution >= 0.6 is 0 Å². The van der Waals surface area contributed by atoms with E-state index >= 15 is 0 Å². The summed E-state index contributed by atoms with van der Waals surface area (Å²) in [4.78, 5) is 12.7. The smallest absolute Gasteiger partial charge is 0.161 e. The Balaban J connectivity index is 0.813. The first-order chi connectivity index (χ1) is 29.6. The third kappa shape index (κ3) is 8.33. The number of ether oxygens (including phenoxy) is 9. The van der Waals surface area contributed by atoms with E-state index in [-0.39, 0.29) is 44.0 Å². The zero-order valence-electron chi connectivity index (χ0n) is 38.1. The molecule has 8 rings (SSSR count). The average Bonchev–Trinajstić information content (AvgIpc) is 3.51. The van der Waals surface area contributed by atoms with Gasteiger partial charge < -0.3 is 78.4 Å². The number of fused-ring (bicyclic) bond motifs is 5. The Bertz CT molecular complexity index is 1630. The van der Waals surface area contributed by atoms with E-state index in [1.54, 1.807) is 34.6 Å². The van der Waals surface area contributed by atoms with Crippen LogP contribution < -0.4 is 0 Å². The molecule has 7 fully saturated rings. The summed E-state index contributed by atoms with van der Waals surface area (Å²) in [6.45, 7) is 12.5. The molecule has 0 unspecified atom stereocenters. The molecule has 17 nitrogen and oxygen atoms in total. The molecule has 0 aromatic rings. The summed E-state index contributed by atoms with van der Waals surface area (Å²) < 4.78 is 54.8. The Morgan fingerprint density at radius 2 is 1.17 bits per heavy atom. The van der Waals surface area contributed by atoms with Crippen molar-refractivity contribution in [2.45, 2.75) is 241 Å². The number of hydrogen-bond donors (Lipinski definition) is 7. The Kier molecular flexibility index (Phi) is 13.8. The van der Waals surface area contributed by atoms with Crippen molar-refractivity contribution in [3.63, 3.8) is 0 Å². The van der Waals surface area contributed by atoms with Gasteiger partial charge in [0.2, 0.25) is 0 Å². The summed E-state index contributed by atoms with van der Waals surface area (Å²) in [5.74, 6) is -0.991. The van der Waals surface area contributed by atoms with Crippen molar-refractivity contribution in [3.8, 4) is 0 Å². The molecule has 17 heteroatoms. The Hall–Kier alpha value is -1.23. The van der Waals surface area contributed by atoms with Gasteiger partial charge in [-0.3, -0.25) is 4.79 Å². The summed E-state index contributed by atoms with van der Waals surface area (Å²) in [6.07, 6.45) is -7.32. The molecular weight excluding hydrogens is 824 g/mol. The molecule has 0 aromatic heterocycles. The maximum atomic E-state index is 12.7. The summed E-state index contributed by atoms with van der Waals surface area (Å²) >= 11 is 0. The Labute approximate surface area is 370 Å². The Morgan fingerprint density at radius 1 is 0.683 bits per heavy atom. The molecule has 24 atom stereocenters. The molecule has 3 saturated carbocycles. The first-order valence-electron chi connectivity index (χ1n) is 23.4. The lowest BCUT2D eigenvalue weighted by molar-refractivity contribution is -0.344. The fraction of sp³-hybridized carbons (Fsp3) is 0.935. The zero-order chi connectivity index (χ0) is 45.6. The molecule has 7 N–H and O–H groups in total. The molecule has 0 amide bonds. The van der Waals surface area contributed by atoms with Crippen LogP contribution in [-0.2, 0) is 47.4 Å². The number of aliphatic hydroxyl groups excluding tert-OH is 5. The molecule has 4 saturated heterocycles. The van der Waals surface area contributed by atoms with Crippen molar-refractivity contribution in [2.75, 3.05) is 7.11 Å². The molecule has 4 heterocycles. The number of Topliss-reactive ketones (excluding diaryl/α,β-unsaturated/α-hetero) is 1. The van der Waals surface area contributed by atoms with Crippen LogP contribution in [-0.4, -0.2) is 170 Å². The van der Waals surface area contributed by atoms with Gasteiger partial charge in [0, 0.05) is 50.0 Å². The van der Waals surface area contributed by atoms with Gasteiger partial charge in [-0.2, -0.15) is 0 Å². The summed E-state index contributed by atoms with van der Waals surface area (Å²) in [5.41, 5.74) is -3.60. The molecule has 0 aromatic carbocycles. The van der Waals surface area contributed by atoms with E-state index in [9.17, 15) is 40.5 Å². The zero-order valence-corrected chi connectivity index (χ0v) is 38.1. The van der Waals surface area contributed by atoms with Gasteiger partial charge >= 0.3 is 0 Å². The highest BCUT2D eigenvalue weighted by Gasteiger charge is 2.76. The number of carbonyl (C=O) groups excluding carboxylic acids is 1. The number of methoxy groups -OCH3 is 1. The minimum atomic E-state index is -1.60. The largest absolute Gasteiger partial charge is 0.392 e. The predicted molar refractivity (Wildman–Crippen MR) is 220 cm³/mol. The second-order valence-electron chi connectivity index (χ2n) is 20.7. The molecule has 8 aliphatic rings. The van der Waals surface area contributed by atoms with E-state index in [2.05, 4.69) is 6.92 Å². The quantitative estimate of drug-likeness (QED) is 0.155. The van der Waals surface area contributed by atoms with Crippen LogP contribution in [0.1, 0.15) is 119 Å². The van der Waals surface area contributed by atoms with E-state index in [0.717, 1.165) is 5.57 Å². The minimum Gasteiger partial charge on any atom is -0.392 e. The van der Waals surface area contributed by atoms with Gasteiger partial charge in [0.1, 0.15) is 41.4 Å². The third-order valence-electron chi connectivity index (χ3n) is 17.1. The van der Waals surface area contributed by atoms with Crippen molar-refractivity contribution in [3.05, 3.63) is 11.6 Å². The van der Waals surface area contributed by atoms with Crippen LogP contribution in [0.15, 0.2) is 11.6 Å². The van der Waals surface area contributed by atoms with E-state index < -0.39 is 138 Å². The van der Waals surface area contributed by atoms with Gasteiger partial charge in [-0.05, 0) is 85.0 Å². The highest BCUT2D eigenvalue weighted by Crippen LogP contribution is 2.69. The number of carbonyl (C=O) groups is 1. The number of aliphatic hydroxyl groups is 7. The second-order valence-corrected chi connectivity index (χ2v) is 20.7. The van der Waals surface area contributed by atoms with Crippen LogP contribution in [0.25, 0.3) is 0 Å². The van der Waals surface area contributed by atoms with Crippen molar-refractivity contribution >= 4 is 5.78 Å². The summed E-state index contributed by atoms with van der Waals surface area (Å²) in [6, 6.07) is 0. The molecular formula is C46H74O17. The van der Waals surface area contributed by atoms with Gasteiger partial charge in [0.25, 0.3) is 0 Å². The van der Waals surface area contributed by atoms with Gasteiger partial charge in [-0.1, -0.05) is 25.5 Å². The SMILES string of the molecule is CO[C@@H]1C[C@H](O[C@H]2[C@@H](O)C[C@H](O[C@H]3[C@@H](O)C[C@H](O[C@H]4[C@@H](O)C[C@H](O[C@H]5CC[C@@]6(C)C(=CC[C@]7(O)[C@@H]6C[C@@H](O)[C@]6(C)[C@@H](C(C)=O)CC[C@@]67O)C5)O[C@@H]4C)O[C@@H]3C)O[C@@H]2C)O[C@H](C)[C@H]1O. The molecule has 4 aliphatic heterocycles. The van der Waals surface area contributed by atoms with E-state index in [1.165, 1.54) is 14.0 Å². The first kappa shape index (κ1) is 48.2. The van der Waals surface area contributed by atoms with Crippen LogP contribution in [0.2, 0.25) is 0 Å². The van der Waals surface area contributed by atoms with Crippen LogP contribution in [0, 0.1) is 22.7 Å².